The van der Waals surface area contributed by atoms with Gasteiger partial charge in [-0.05, 0) is 45.7 Å². The fraction of sp³-hybridized carbons (Fsp3) is 0.750. The molecule has 0 amide bonds. The van der Waals surface area contributed by atoms with Crippen LogP contribution in [0.5, 0.6) is 0 Å². The number of ether oxygens (including phenoxy) is 1. The molecule has 0 aromatic carbocycles. The third-order valence-electron chi connectivity index (χ3n) is 1.57. The second-order valence-corrected chi connectivity index (χ2v) is 15.0. The summed E-state index contributed by atoms with van der Waals surface area (Å²) >= 11 is 0. The Balaban J connectivity index is 4.77. The molecule has 0 aliphatic carbocycles. The van der Waals surface area contributed by atoms with E-state index in [2.05, 4.69) is 0 Å². The maximum atomic E-state index is 11.8. The zero-order chi connectivity index (χ0) is 14.4. The van der Waals surface area contributed by atoms with Gasteiger partial charge in [0.2, 0.25) is 22.4 Å². The minimum absolute atomic E-state index is 0.199. The SMILES string of the molecule is CCCOC(=O)C(=CO[Si](C)(C)C)O[Si](C)(C)C. The summed E-state index contributed by atoms with van der Waals surface area (Å²) in [6.45, 7) is 14.5. The first-order valence-corrected chi connectivity index (χ1v) is 13.1. The molecule has 0 saturated heterocycles. The lowest BCUT2D eigenvalue weighted by Crippen LogP contribution is -2.29. The highest BCUT2D eigenvalue weighted by Crippen LogP contribution is 2.14. The summed E-state index contributed by atoms with van der Waals surface area (Å²) in [5.41, 5.74) is 0. The van der Waals surface area contributed by atoms with E-state index in [0.717, 1.165) is 6.42 Å². The van der Waals surface area contributed by atoms with Crippen molar-refractivity contribution in [1.29, 1.82) is 0 Å². The van der Waals surface area contributed by atoms with E-state index in [9.17, 15) is 4.79 Å². The number of hydrogen-bond acceptors (Lipinski definition) is 4. The van der Waals surface area contributed by atoms with Crippen LogP contribution in [0.25, 0.3) is 0 Å². The van der Waals surface area contributed by atoms with Crippen molar-refractivity contribution >= 4 is 22.6 Å². The molecule has 0 aromatic heterocycles. The average molecular weight is 291 g/mol. The van der Waals surface area contributed by atoms with Gasteiger partial charge in [0.25, 0.3) is 0 Å². The van der Waals surface area contributed by atoms with Gasteiger partial charge in [-0.3, -0.25) is 0 Å². The van der Waals surface area contributed by atoms with Crippen LogP contribution in [-0.4, -0.2) is 29.2 Å². The van der Waals surface area contributed by atoms with E-state index < -0.39 is 22.6 Å². The molecule has 4 nitrogen and oxygen atoms in total. The third-order valence-corrected chi connectivity index (χ3v) is 3.23. The van der Waals surface area contributed by atoms with Gasteiger partial charge in [0.15, 0.2) is 0 Å². The Kier molecular flexibility index (Phi) is 6.69. The number of esters is 1. The minimum Gasteiger partial charge on any atom is -0.547 e. The third kappa shape index (κ3) is 9.29. The van der Waals surface area contributed by atoms with E-state index >= 15 is 0 Å². The average Bonchev–Trinajstić information content (AvgIpc) is 2.17. The molecule has 0 N–H and O–H groups in total. The fourth-order valence-corrected chi connectivity index (χ4v) is 2.19. The smallest absolute Gasteiger partial charge is 0.375 e. The summed E-state index contributed by atoms with van der Waals surface area (Å²) in [5.74, 6) is -0.234. The molecule has 0 fully saturated rings. The van der Waals surface area contributed by atoms with E-state index in [4.69, 9.17) is 13.6 Å². The predicted molar refractivity (Wildman–Crippen MR) is 78.2 cm³/mol. The number of carbonyl (C=O) groups excluding carboxylic acids is 1. The summed E-state index contributed by atoms with van der Waals surface area (Å²) in [6.07, 6.45) is 2.23. The topological polar surface area (TPSA) is 44.8 Å². The standard InChI is InChI=1S/C12H26O4Si2/c1-8-9-14-12(13)11(16-18(5,6)7)10-15-17(2,3)4/h10H,8-9H2,1-7H3. The Labute approximate surface area is 113 Å². The molecule has 0 saturated carbocycles. The van der Waals surface area contributed by atoms with Crippen molar-refractivity contribution in [3.63, 3.8) is 0 Å². The molecule has 0 atom stereocenters. The Hall–Kier alpha value is -0.756. The zero-order valence-corrected chi connectivity index (χ0v) is 14.6. The Morgan fingerprint density at radius 2 is 1.61 bits per heavy atom. The Bertz CT molecular complexity index is 300. The highest BCUT2D eigenvalue weighted by molar-refractivity contribution is 6.70. The molecule has 0 heterocycles. The van der Waals surface area contributed by atoms with Crippen molar-refractivity contribution in [2.24, 2.45) is 0 Å². The first kappa shape index (κ1) is 17.2. The maximum absolute atomic E-state index is 11.8. The normalized spacial score (nSPS) is 13.2. The lowest BCUT2D eigenvalue weighted by molar-refractivity contribution is -0.141. The van der Waals surface area contributed by atoms with Crippen LogP contribution >= 0.6 is 0 Å². The molecule has 0 radical (unpaired) electrons. The van der Waals surface area contributed by atoms with Gasteiger partial charge < -0.3 is 13.6 Å². The predicted octanol–water partition coefficient (Wildman–Crippen LogP) is 3.48. The zero-order valence-electron chi connectivity index (χ0n) is 12.6. The second kappa shape index (κ2) is 6.99. The highest BCUT2D eigenvalue weighted by Gasteiger charge is 2.24. The van der Waals surface area contributed by atoms with Gasteiger partial charge in [0, 0.05) is 0 Å². The molecule has 6 heteroatoms. The molecule has 0 rings (SSSR count). The van der Waals surface area contributed by atoms with Gasteiger partial charge >= 0.3 is 5.97 Å². The van der Waals surface area contributed by atoms with E-state index in [1.165, 1.54) is 6.26 Å². The number of carbonyl (C=O) groups is 1. The monoisotopic (exact) mass is 290 g/mol. The summed E-state index contributed by atoms with van der Waals surface area (Å²) < 4.78 is 16.4. The van der Waals surface area contributed by atoms with E-state index in [-0.39, 0.29) is 5.76 Å². The van der Waals surface area contributed by atoms with E-state index in [1.54, 1.807) is 0 Å². The van der Waals surface area contributed by atoms with Gasteiger partial charge in [-0.25, -0.2) is 4.79 Å². The quantitative estimate of drug-likeness (QED) is 0.312. The van der Waals surface area contributed by atoms with Crippen molar-refractivity contribution in [3.05, 3.63) is 12.0 Å². The molecule has 0 aliphatic rings. The van der Waals surface area contributed by atoms with Crippen LogP contribution in [0.3, 0.4) is 0 Å². The van der Waals surface area contributed by atoms with Gasteiger partial charge in [-0.15, -0.1) is 0 Å². The van der Waals surface area contributed by atoms with Crippen molar-refractivity contribution in [2.75, 3.05) is 6.61 Å². The van der Waals surface area contributed by atoms with Crippen LogP contribution in [0.4, 0.5) is 0 Å². The van der Waals surface area contributed by atoms with Gasteiger partial charge in [0.1, 0.15) is 6.26 Å². The molecule has 0 aromatic rings. The second-order valence-electron chi connectivity index (χ2n) is 6.06. The first-order chi connectivity index (χ1) is 8.05. The van der Waals surface area contributed by atoms with Crippen LogP contribution in [0.15, 0.2) is 12.0 Å². The van der Waals surface area contributed by atoms with Crippen molar-refractivity contribution < 1.29 is 18.4 Å². The van der Waals surface area contributed by atoms with Crippen molar-refractivity contribution in [1.82, 2.24) is 0 Å². The van der Waals surface area contributed by atoms with E-state index in [0.29, 0.717) is 6.61 Å². The van der Waals surface area contributed by atoms with Crippen molar-refractivity contribution in [3.8, 4) is 0 Å². The highest BCUT2D eigenvalue weighted by atomic mass is 28.4. The molecule has 0 unspecified atom stereocenters. The molecule has 0 spiro atoms. The Morgan fingerprint density at radius 3 is 2.00 bits per heavy atom. The van der Waals surface area contributed by atoms with Crippen LogP contribution in [0, 0.1) is 0 Å². The van der Waals surface area contributed by atoms with Crippen molar-refractivity contribution in [2.45, 2.75) is 52.6 Å². The maximum Gasteiger partial charge on any atom is 0.375 e. The molecular formula is C12H26O4Si2. The molecule has 106 valence electrons. The van der Waals surface area contributed by atoms with E-state index in [1.807, 2.05) is 46.2 Å². The van der Waals surface area contributed by atoms with Crippen LogP contribution in [0.2, 0.25) is 39.3 Å². The molecule has 18 heavy (non-hydrogen) atoms. The summed E-state index contributed by atoms with van der Waals surface area (Å²) in [5, 5.41) is 0. The summed E-state index contributed by atoms with van der Waals surface area (Å²) in [7, 11) is -3.57. The van der Waals surface area contributed by atoms with Gasteiger partial charge in [-0.2, -0.15) is 0 Å². The molecule has 0 bridgehead atoms. The lowest BCUT2D eigenvalue weighted by Gasteiger charge is -2.22. The molecular weight excluding hydrogens is 264 g/mol. The fourth-order valence-electron chi connectivity index (χ4n) is 0.940. The first-order valence-electron chi connectivity index (χ1n) is 6.29. The number of hydrogen-bond donors (Lipinski definition) is 0. The largest absolute Gasteiger partial charge is 0.547 e. The van der Waals surface area contributed by atoms with Crippen LogP contribution in [-0.2, 0) is 18.4 Å². The van der Waals surface area contributed by atoms with Gasteiger partial charge in [0.05, 0.1) is 6.61 Å². The lowest BCUT2D eigenvalue weighted by atomic mass is 10.5. The summed E-state index contributed by atoms with van der Waals surface area (Å²) in [6, 6.07) is 0. The Morgan fingerprint density at radius 1 is 1.06 bits per heavy atom. The summed E-state index contributed by atoms with van der Waals surface area (Å²) in [4.78, 5) is 11.8. The minimum atomic E-state index is -1.85. The van der Waals surface area contributed by atoms with Crippen LogP contribution < -0.4 is 0 Å². The van der Waals surface area contributed by atoms with Gasteiger partial charge in [-0.1, -0.05) is 6.92 Å². The number of rotatable bonds is 7. The molecule has 0 aliphatic heterocycles. The van der Waals surface area contributed by atoms with Crippen LogP contribution in [0.1, 0.15) is 13.3 Å².